The summed E-state index contributed by atoms with van der Waals surface area (Å²) in [5, 5.41) is 14.7. The minimum atomic E-state index is -0.424. The van der Waals surface area contributed by atoms with Crippen molar-refractivity contribution in [3.05, 3.63) is 39.9 Å². The Hall–Kier alpha value is -1.93. The molecule has 7 nitrogen and oxygen atoms in total. The Kier molecular flexibility index (Phi) is 6.54. The highest BCUT2D eigenvalue weighted by Gasteiger charge is 2.11. The van der Waals surface area contributed by atoms with Gasteiger partial charge in [-0.25, -0.2) is 5.43 Å². The van der Waals surface area contributed by atoms with Crippen LogP contribution in [0.5, 0.6) is 0 Å². The van der Waals surface area contributed by atoms with Crippen LogP contribution < -0.4 is 5.43 Å². The molecule has 1 aliphatic heterocycles. The van der Waals surface area contributed by atoms with Gasteiger partial charge in [0.15, 0.2) is 0 Å². The van der Waals surface area contributed by atoms with Crippen LogP contribution in [0.15, 0.2) is 29.4 Å². The van der Waals surface area contributed by atoms with E-state index in [9.17, 15) is 14.9 Å². The molecule has 0 bridgehead atoms. The first kappa shape index (κ1) is 17.4. The van der Waals surface area contributed by atoms with E-state index in [0.717, 1.165) is 37.2 Å². The van der Waals surface area contributed by atoms with Gasteiger partial charge in [0.2, 0.25) is 5.91 Å². The summed E-state index contributed by atoms with van der Waals surface area (Å²) in [5.41, 5.74) is 4.66. The van der Waals surface area contributed by atoms with Gasteiger partial charge in [0, 0.05) is 49.5 Å². The van der Waals surface area contributed by atoms with E-state index in [4.69, 9.17) is 0 Å². The number of amides is 1. The SMILES string of the molecule is CN1CCC(=NNC(=O)CSCc2ccc([N+](=O)[O-])cc2)CC1. The minimum Gasteiger partial charge on any atom is -0.306 e. The number of likely N-dealkylation sites (tertiary alicyclic amines) is 1. The standard InChI is InChI=1S/C15H20N4O3S/c1-18-8-6-13(7-9-18)16-17-15(20)11-23-10-12-2-4-14(5-3-12)19(21)22/h2-5H,6-11H2,1H3,(H,17,20). The molecule has 1 amide bonds. The zero-order valence-corrected chi connectivity index (χ0v) is 13.8. The van der Waals surface area contributed by atoms with Gasteiger partial charge in [0.05, 0.1) is 10.7 Å². The summed E-state index contributed by atoms with van der Waals surface area (Å²) in [6, 6.07) is 6.37. The molecule has 1 N–H and O–H groups in total. The van der Waals surface area contributed by atoms with Crippen LogP contribution in [0, 0.1) is 10.1 Å². The van der Waals surface area contributed by atoms with Gasteiger partial charge in [-0.1, -0.05) is 12.1 Å². The summed E-state index contributed by atoms with van der Waals surface area (Å²) in [5.74, 6) is 0.823. The second-order valence-electron chi connectivity index (χ2n) is 5.43. The lowest BCUT2D eigenvalue weighted by molar-refractivity contribution is -0.384. The molecular formula is C15H20N4O3S. The minimum absolute atomic E-state index is 0.0745. The van der Waals surface area contributed by atoms with Gasteiger partial charge in [-0.3, -0.25) is 14.9 Å². The Morgan fingerprint density at radius 1 is 1.35 bits per heavy atom. The predicted octanol–water partition coefficient (Wildman–Crippen LogP) is 2.03. The predicted molar refractivity (Wildman–Crippen MR) is 91.6 cm³/mol. The first-order valence-electron chi connectivity index (χ1n) is 7.38. The van der Waals surface area contributed by atoms with E-state index >= 15 is 0 Å². The molecule has 0 radical (unpaired) electrons. The van der Waals surface area contributed by atoms with Gasteiger partial charge in [-0.15, -0.1) is 11.8 Å². The Labute approximate surface area is 139 Å². The first-order valence-corrected chi connectivity index (χ1v) is 8.54. The Bertz CT molecular complexity index is 579. The molecule has 0 aromatic heterocycles. The van der Waals surface area contributed by atoms with Crippen LogP contribution in [0.2, 0.25) is 0 Å². The van der Waals surface area contributed by atoms with E-state index < -0.39 is 4.92 Å². The third-order valence-corrected chi connectivity index (χ3v) is 4.56. The van der Waals surface area contributed by atoms with Crippen molar-refractivity contribution in [1.29, 1.82) is 0 Å². The van der Waals surface area contributed by atoms with Crippen LogP contribution in [0.1, 0.15) is 18.4 Å². The number of non-ortho nitro benzene ring substituents is 1. The van der Waals surface area contributed by atoms with E-state index in [1.165, 1.54) is 23.9 Å². The van der Waals surface area contributed by atoms with Crippen LogP contribution >= 0.6 is 11.8 Å². The lowest BCUT2D eigenvalue weighted by Gasteiger charge is -2.22. The van der Waals surface area contributed by atoms with Crippen molar-refractivity contribution in [2.45, 2.75) is 18.6 Å². The van der Waals surface area contributed by atoms with Crippen molar-refractivity contribution in [3.8, 4) is 0 Å². The number of hydrogen-bond acceptors (Lipinski definition) is 6. The Morgan fingerprint density at radius 3 is 2.61 bits per heavy atom. The number of carbonyl (C=O) groups is 1. The van der Waals surface area contributed by atoms with Crippen molar-refractivity contribution in [2.75, 3.05) is 25.9 Å². The summed E-state index contributed by atoms with van der Waals surface area (Å²) >= 11 is 1.46. The lowest BCUT2D eigenvalue weighted by Crippen LogP contribution is -2.32. The van der Waals surface area contributed by atoms with Gasteiger partial charge < -0.3 is 4.90 Å². The van der Waals surface area contributed by atoms with Gasteiger partial charge in [0.1, 0.15) is 0 Å². The molecule has 0 unspecified atom stereocenters. The molecular weight excluding hydrogens is 316 g/mol. The fraction of sp³-hybridized carbons (Fsp3) is 0.467. The number of benzene rings is 1. The van der Waals surface area contributed by atoms with E-state index in [-0.39, 0.29) is 11.6 Å². The first-order chi connectivity index (χ1) is 11.0. The third-order valence-electron chi connectivity index (χ3n) is 3.55. The van der Waals surface area contributed by atoms with Crippen LogP contribution in [-0.2, 0) is 10.5 Å². The normalized spacial score (nSPS) is 15.3. The maximum absolute atomic E-state index is 11.7. The Morgan fingerprint density at radius 2 is 2.00 bits per heavy atom. The summed E-state index contributed by atoms with van der Waals surface area (Å²) in [6.45, 7) is 1.95. The smallest absolute Gasteiger partial charge is 0.269 e. The van der Waals surface area contributed by atoms with E-state index in [1.807, 2.05) is 0 Å². The van der Waals surface area contributed by atoms with Crippen LogP contribution in [0.3, 0.4) is 0 Å². The molecule has 1 aromatic carbocycles. The van der Waals surface area contributed by atoms with E-state index in [2.05, 4.69) is 22.5 Å². The molecule has 1 heterocycles. The second-order valence-corrected chi connectivity index (χ2v) is 6.42. The highest BCUT2D eigenvalue weighted by Crippen LogP contribution is 2.16. The molecule has 2 rings (SSSR count). The Balaban J connectivity index is 1.68. The maximum atomic E-state index is 11.7. The van der Waals surface area contributed by atoms with Crippen molar-refractivity contribution in [2.24, 2.45) is 5.10 Å². The largest absolute Gasteiger partial charge is 0.306 e. The van der Waals surface area contributed by atoms with E-state index in [0.29, 0.717) is 11.5 Å². The quantitative estimate of drug-likeness (QED) is 0.634. The zero-order chi connectivity index (χ0) is 16.7. The van der Waals surface area contributed by atoms with Crippen LogP contribution in [0.4, 0.5) is 5.69 Å². The van der Waals surface area contributed by atoms with Gasteiger partial charge in [0.25, 0.3) is 5.69 Å². The monoisotopic (exact) mass is 336 g/mol. The van der Waals surface area contributed by atoms with Crippen molar-refractivity contribution < 1.29 is 9.72 Å². The van der Waals surface area contributed by atoms with Crippen LogP contribution in [-0.4, -0.2) is 47.3 Å². The summed E-state index contributed by atoms with van der Waals surface area (Å²) < 4.78 is 0. The number of hydrogen-bond donors (Lipinski definition) is 1. The average molecular weight is 336 g/mol. The fourth-order valence-corrected chi connectivity index (χ4v) is 2.92. The number of thioether (sulfide) groups is 1. The zero-order valence-electron chi connectivity index (χ0n) is 13.0. The number of carbonyl (C=O) groups excluding carboxylic acids is 1. The lowest BCUT2D eigenvalue weighted by atomic mass is 10.1. The van der Waals surface area contributed by atoms with Gasteiger partial charge in [-0.05, 0) is 12.6 Å². The van der Waals surface area contributed by atoms with E-state index in [1.54, 1.807) is 12.1 Å². The number of nitro groups is 1. The van der Waals surface area contributed by atoms with Crippen molar-refractivity contribution in [1.82, 2.24) is 10.3 Å². The molecule has 8 heteroatoms. The summed E-state index contributed by atoms with van der Waals surface area (Å²) in [7, 11) is 2.07. The number of nitrogens with zero attached hydrogens (tertiary/aromatic N) is 3. The molecule has 1 aliphatic rings. The van der Waals surface area contributed by atoms with Gasteiger partial charge >= 0.3 is 0 Å². The number of piperidine rings is 1. The summed E-state index contributed by atoms with van der Waals surface area (Å²) in [6.07, 6.45) is 1.79. The average Bonchev–Trinajstić information content (AvgIpc) is 2.55. The number of nitrogens with one attached hydrogen (secondary N) is 1. The van der Waals surface area contributed by atoms with Crippen molar-refractivity contribution >= 4 is 29.1 Å². The molecule has 23 heavy (non-hydrogen) atoms. The number of hydrazone groups is 1. The fourth-order valence-electron chi connectivity index (χ4n) is 2.14. The van der Waals surface area contributed by atoms with Gasteiger partial charge in [-0.2, -0.15) is 5.10 Å². The third kappa shape index (κ3) is 5.99. The molecule has 124 valence electrons. The maximum Gasteiger partial charge on any atom is 0.269 e. The topological polar surface area (TPSA) is 87.8 Å². The molecule has 1 fully saturated rings. The molecule has 0 aliphatic carbocycles. The van der Waals surface area contributed by atoms with Crippen molar-refractivity contribution in [3.63, 3.8) is 0 Å². The molecule has 1 saturated heterocycles. The molecule has 1 aromatic rings. The number of rotatable bonds is 6. The highest BCUT2D eigenvalue weighted by atomic mass is 32.2. The van der Waals surface area contributed by atoms with Crippen LogP contribution in [0.25, 0.3) is 0 Å². The highest BCUT2D eigenvalue weighted by molar-refractivity contribution is 7.99. The molecule has 0 atom stereocenters. The summed E-state index contributed by atoms with van der Waals surface area (Å²) in [4.78, 5) is 24.1. The molecule has 0 spiro atoms. The number of nitro benzene ring substituents is 1. The molecule has 0 saturated carbocycles. The second kappa shape index (κ2) is 8.64.